The van der Waals surface area contributed by atoms with Crippen molar-refractivity contribution in [3.05, 3.63) is 162 Å². The van der Waals surface area contributed by atoms with Gasteiger partial charge in [-0.05, 0) is 23.1 Å². The molecule has 0 aliphatic carbocycles. The van der Waals surface area contributed by atoms with Gasteiger partial charge in [-0.3, -0.25) is 0 Å². The van der Waals surface area contributed by atoms with Crippen molar-refractivity contribution in [3.63, 3.8) is 0 Å². The van der Waals surface area contributed by atoms with Gasteiger partial charge in [0.1, 0.15) is 5.69 Å². The van der Waals surface area contributed by atoms with Crippen molar-refractivity contribution in [2.24, 2.45) is 0 Å². The van der Waals surface area contributed by atoms with Gasteiger partial charge in [0.05, 0.1) is 26.7 Å². The summed E-state index contributed by atoms with van der Waals surface area (Å²) in [6, 6.07) is 51.1. The van der Waals surface area contributed by atoms with Crippen LogP contribution in [-0.4, -0.2) is 15.0 Å². The standard InChI is InChI=1S/C35H31N3OP2/c1-28-22-24-29(25-23-28)26-38-35(40(30-14-6-2-7-15-30)31-16-8-3-9-17-31)34(36-37-38)27-39-41(32-18-10-4-11-19-32)33-20-12-5-13-21-33/h2-25H,26-27H2,1H3. The normalized spacial score (nSPS) is 11.3. The van der Waals surface area contributed by atoms with E-state index in [9.17, 15) is 0 Å². The monoisotopic (exact) mass is 571 g/mol. The first-order valence-electron chi connectivity index (χ1n) is 13.7. The molecule has 1 heterocycles. The van der Waals surface area contributed by atoms with E-state index in [1.165, 1.54) is 32.3 Å². The number of hydrogen-bond acceptors (Lipinski definition) is 3. The number of aryl methyl sites for hydroxylation is 1. The summed E-state index contributed by atoms with van der Waals surface area (Å²) >= 11 is 0. The minimum atomic E-state index is -1.03. The molecule has 6 aromatic rings. The number of benzene rings is 5. The Bertz CT molecular complexity index is 1580. The Labute approximate surface area is 244 Å². The summed E-state index contributed by atoms with van der Waals surface area (Å²) in [4.78, 5) is 0. The Morgan fingerprint density at radius 2 is 1.05 bits per heavy atom. The third kappa shape index (κ3) is 6.53. The van der Waals surface area contributed by atoms with Crippen molar-refractivity contribution >= 4 is 42.7 Å². The summed E-state index contributed by atoms with van der Waals surface area (Å²) in [7, 11) is -1.95. The van der Waals surface area contributed by atoms with Crippen LogP contribution < -0.4 is 26.7 Å². The molecular formula is C35H31N3OP2. The van der Waals surface area contributed by atoms with Gasteiger partial charge in [-0.15, -0.1) is 5.10 Å². The average Bonchev–Trinajstić information content (AvgIpc) is 3.42. The molecule has 4 nitrogen and oxygen atoms in total. The molecule has 0 saturated carbocycles. The van der Waals surface area contributed by atoms with Gasteiger partial charge >= 0.3 is 0 Å². The maximum Gasteiger partial charge on any atom is 0.117 e. The van der Waals surface area contributed by atoms with Crippen molar-refractivity contribution < 1.29 is 4.52 Å². The summed E-state index contributed by atoms with van der Waals surface area (Å²) in [5.74, 6) is 0. The summed E-state index contributed by atoms with van der Waals surface area (Å²) in [6.45, 7) is 3.13. The lowest BCUT2D eigenvalue weighted by Crippen LogP contribution is -2.29. The molecule has 0 amide bonds. The lowest BCUT2D eigenvalue weighted by Gasteiger charge is -2.22. The fraction of sp³-hybridized carbons (Fsp3) is 0.0857. The van der Waals surface area contributed by atoms with E-state index in [2.05, 4.69) is 145 Å². The molecule has 0 radical (unpaired) electrons. The predicted octanol–water partition coefficient (Wildman–Crippen LogP) is 5.96. The molecular weight excluding hydrogens is 540 g/mol. The lowest BCUT2D eigenvalue weighted by atomic mass is 10.1. The Morgan fingerprint density at radius 3 is 1.54 bits per heavy atom. The topological polar surface area (TPSA) is 39.9 Å². The zero-order chi connectivity index (χ0) is 27.9. The van der Waals surface area contributed by atoms with Crippen LogP contribution in [0.3, 0.4) is 0 Å². The van der Waals surface area contributed by atoms with Crippen LogP contribution in [0.1, 0.15) is 16.8 Å². The Morgan fingerprint density at radius 1 is 0.585 bits per heavy atom. The molecule has 0 saturated heterocycles. The summed E-state index contributed by atoms with van der Waals surface area (Å²) in [5.41, 5.74) is 4.44. The zero-order valence-electron chi connectivity index (χ0n) is 22.9. The highest BCUT2D eigenvalue weighted by molar-refractivity contribution is 7.79. The minimum Gasteiger partial charge on any atom is -0.343 e. The highest BCUT2D eigenvalue weighted by atomic mass is 31.1. The van der Waals surface area contributed by atoms with Crippen molar-refractivity contribution in [3.8, 4) is 0 Å². The molecule has 0 bridgehead atoms. The van der Waals surface area contributed by atoms with Crippen molar-refractivity contribution in [2.45, 2.75) is 20.1 Å². The van der Waals surface area contributed by atoms with E-state index in [1.54, 1.807) is 0 Å². The smallest absolute Gasteiger partial charge is 0.117 e. The van der Waals surface area contributed by atoms with Gasteiger partial charge in [0.15, 0.2) is 0 Å². The maximum absolute atomic E-state index is 6.80. The highest BCUT2D eigenvalue weighted by Crippen LogP contribution is 2.38. The van der Waals surface area contributed by atoms with E-state index in [1.807, 2.05) is 12.1 Å². The molecule has 0 atom stereocenters. The third-order valence-electron chi connectivity index (χ3n) is 6.78. The van der Waals surface area contributed by atoms with Crippen molar-refractivity contribution in [1.29, 1.82) is 0 Å². The van der Waals surface area contributed by atoms with Gasteiger partial charge in [0, 0.05) is 18.5 Å². The Balaban J connectivity index is 1.43. The van der Waals surface area contributed by atoms with Gasteiger partial charge in [-0.2, -0.15) is 0 Å². The van der Waals surface area contributed by atoms with E-state index in [-0.39, 0.29) is 0 Å². The molecule has 0 spiro atoms. The molecule has 202 valence electrons. The number of hydrogen-bond donors (Lipinski definition) is 0. The summed E-state index contributed by atoms with van der Waals surface area (Å²) in [5, 5.41) is 14.4. The fourth-order valence-corrected chi connectivity index (χ4v) is 8.92. The average molecular weight is 572 g/mol. The van der Waals surface area contributed by atoms with E-state index >= 15 is 0 Å². The first kappa shape index (κ1) is 27.2. The second-order valence-corrected chi connectivity index (χ2v) is 13.8. The van der Waals surface area contributed by atoms with Gasteiger partial charge < -0.3 is 4.52 Å². The van der Waals surface area contributed by atoms with Gasteiger partial charge in [-0.1, -0.05) is 156 Å². The second kappa shape index (κ2) is 13.1. The molecule has 0 N–H and O–H groups in total. The number of aromatic nitrogens is 3. The van der Waals surface area contributed by atoms with Crippen LogP contribution >= 0.6 is 16.1 Å². The molecule has 0 unspecified atom stereocenters. The van der Waals surface area contributed by atoms with Crippen LogP contribution in [0.4, 0.5) is 0 Å². The zero-order valence-corrected chi connectivity index (χ0v) is 24.7. The molecule has 1 aromatic heterocycles. The molecule has 6 rings (SSSR count). The molecule has 0 fully saturated rings. The van der Waals surface area contributed by atoms with Crippen LogP contribution in [-0.2, 0) is 17.7 Å². The third-order valence-corrected chi connectivity index (χ3v) is 11.2. The first-order chi connectivity index (χ1) is 20.3. The second-order valence-electron chi connectivity index (χ2n) is 9.75. The van der Waals surface area contributed by atoms with Crippen LogP contribution in [0.15, 0.2) is 146 Å². The fourth-order valence-electron chi connectivity index (χ4n) is 4.75. The van der Waals surface area contributed by atoms with Crippen LogP contribution in [0.5, 0.6) is 0 Å². The van der Waals surface area contributed by atoms with Gasteiger partial charge in [0.2, 0.25) is 0 Å². The summed E-state index contributed by atoms with van der Waals surface area (Å²) in [6.07, 6.45) is 0. The maximum atomic E-state index is 6.80. The van der Waals surface area contributed by atoms with Crippen molar-refractivity contribution in [2.75, 3.05) is 0 Å². The molecule has 5 aromatic carbocycles. The van der Waals surface area contributed by atoms with E-state index in [4.69, 9.17) is 14.8 Å². The summed E-state index contributed by atoms with van der Waals surface area (Å²) < 4.78 is 8.89. The Kier molecular flexibility index (Phi) is 8.74. The molecule has 6 heteroatoms. The minimum absolute atomic E-state index is 0.372. The first-order valence-corrected chi connectivity index (χ1v) is 16.3. The number of nitrogens with zero attached hydrogens (tertiary/aromatic N) is 3. The Hall–Kier alpha value is -3.94. The van der Waals surface area contributed by atoms with Gasteiger partial charge in [0.25, 0.3) is 0 Å². The van der Waals surface area contributed by atoms with Gasteiger partial charge in [-0.25, -0.2) is 4.68 Å². The highest BCUT2D eigenvalue weighted by Gasteiger charge is 2.27. The number of rotatable bonds is 10. The van der Waals surface area contributed by atoms with E-state index in [0.29, 0.717) is 13.2 Å². The predicted molar refractivity (Wildman–Crippen MR) is 173 cm³/mol. The van der Waals surface area contributed by atoms with Crippen molar-refractivity contribution in [1.82, 2.24) is 15.0 Å². The van der Waals surface area contributed by atoms with Crippen LogP contribution in [0.2, 0.25) is 0 Å². The lowest BCUT2D eigenvalue weighted by molar-refractivity contribution is 0.345. The van der Waals surface area contributed by atoms with Crippen LogP contribution in [0, 0.1) is 6.92 Å². The molecule has 41 heavy (non-hydrogen) atoms. The van der Waals surface area contributed by atoms with E-state index in [0.717, 1.165) is 11.1 Å². The largest absolute Gasteiger partial charge is 0.343 e. The van der Waals surface area contributed by atoms with Crippen LogP contribution in [0.25, 0.3) is 0 Å². The molecule has 0 aliphatic heterocycles. The quantitative estimate of drug-likeness (QED) is 0.191. The molecule has 0 aliphatic rings. The SMILES string of the molecule is Cc1ccc(Cn2nnc(COP(c3ccccc3)c3ccccc3)c2P(c2ccccc2)c2ccccc2)cc1. The van der Waals surface area contributed by atoms with E-state index < -0.39 is 16.1 Å².